The Hall–Kier alpha value is -0.503. The number of allylic oxidation sites excluding steroid dienone is 2. The van der Waals surface area contributed by atoms with E-state index in [1.54, 1.807) is 0 Å². The molecule has 0 heterocycles. The Morgan fingerprint density at radius 1 is 1.00 bits per heavy atom. The predicted octanol–water partition coefficient (Wildman–Crippen LogP) is 7.85. The van der Waals surface area contributed by atoms with Gasteiger partial charge in [-0.05, 0) is 42.0 Å². The van der Waals surface area contributed by atoms with E-state index >= 15 is 0 Å². The summed E-state index contributed by atoms with van der Waals surface area (Å²) in [5, 5.41) is 0. The summed E-state index contributed by atoms with van der Waals surface area (Å²) in [6.07, 6.45) is 7.08. The van der Waals surface area contributed by atoms with Gasteiger partial charge in [-0.1, -0.05) is 80.4 Å². The number of unbranched alkanes of at least 4 members (excludes halogenated alkanes) is 1. The first-order chi connectivity index (χ1) is 10.6. The molecule has 0 aromatic carbocycles. The van der Waals surface area contributed by atoms with Crippen LogP contribution >= 0.6 is 0 Å². The van der Waals surface area contributed by atoms with Gasteiger partial charge in [0.25, 0.3) is 8.32 Å². The van der Waals surface area contributed by atoms with Crippen LogP contribution in [0.5, 0.6) is 0 Å². The summed E-state index contributed by atoms with van der Waals surface area (Å²) in [6, 6.07) is 0. The minimum absolute atomic E-state index is 0.586. The highest BCUT2D eigenvalue weighted by Crippen LogP contribution is 2.44. The molecule has 0 spiro atoms. The van der Waals surface area contributed by atoms with E-state index in [2.05, 4.69) is 75.0 Å². The van der Waals surface area contributed by atoms with Crippen LogP contribution in [0.15, 0.2) is 24.0 Å². The molecule has 1 nitrogen and oxygen atoms in total. The third-order valence-corrected chi connectivity index (χ3v) is 11.0. The fourth-order valence-corrected chi connectivity index (χ4v) is 9.24. The Labute approximate surface area is 147 Å². The lowest BCUT2D eigenvalue weighted by Gasteiger charge is -2.43. The van der Waals surface area contributed by atoms with Gasteiger partial charge in [0.1, 0.15) is 0 Å². The summed E-state index contributed by atoms with van der Waals surface area (Å²) in [6.45, 7) is 24.9. The van der Waals surface area contributed by atoms with Crippen LogP contribution in [0.3, 0.4) is 0 Å². The summed E-state index contributed by atoms with van der Waals surface area (Å²) >= 11 is 0. The van der Waals surface area contributed by atoms with Crippen LogP contribution in [0, 0.1) is 5.92 Å². The second kappa shape index (κ2) is 10.4. The van der Waals surface area contributed by atoms with Gasteiger partial charge in [-0.15, -0.1) is 0 Å². The van der Waals surface area contributed by atoms with Crippen LogP contribution in [0.4, 0.5) is 0 Å². The molecule has 1 unspecified atom stereocenters. The normalized spacial score (nSPS) is 14.7. The molecule has 0 radical (unpaired) electrons. The summed E-state index contributed by atoms with van der Waals surface area (Å²) in [7, 11) is -1.86. The molecule has 136 valence electrons. The van der Waals surface area contributed by atoms with Gasteiger partial charge in [0, 0.05) is 6.42 Å². The van der Waals surface area contributed by atoms with E-state index in [1.807, 2.05) is 0 Å². The molecule has 1 atom stereocenters. The molecule has 2 heteroatoms. The molecule has 0 aliphatic carbocycles. The highest BCUT2D eigenvalue weighted by Gasteiger charge is 2.47. The van der Waals surface area contributed by atoms with E-state index in [-0.39, 0.29) is 0 Å². The maximum Gasteiger partial charge on any atom is 0.258 e. The first-order valence-corrected chi connectivity index (χ1v) is 11.8. The molecule has 0 aromatic heterocycles. The van der Waals surface area contributed by atoms with Crippen molar-refractivity contribution in [3.05, 3.63) is 24.0 Å². The van der Waals surface area contributed by atoms with E-state index in [0.717, 1.165) is 6.42 Å². The third kappa shape index (κ3) is 6.87. The molecule has 0 bridgehead atoms. The summed E-state index contributed by atoms with van der Waals surface area (Å²) in [4.78, 5) is 0. The molecule has 0 fully saturated rings. The Morgan fingerprint density at radius 3 is 1.83 bits per heavy atom. The summed E-state index contributed by atoms with van der Waals surface area (Å²) in [5.41, 5.74) is 3.03. The standard InChI is InChI=1S/C21H42OSi/c1-11-12-13-20(10)15-21(14-16(2)3)22-23(17(4)5,18(6)7)19(8)9/h15,17-20H,2,11-14H2,1,3-10H3/b21-15-. The lowest BCUT2D eigenvalue weighted by Crippen LogP contribution is -2.47. The van der Waals surface area contributed by atoms with Gasteiger partial charge < -0.3 is 4.43 Å². The predicted molar refractivity (Wildman–Crippen MR) is 108 cm³/mol. The fraction of sp³-hybridized carbons (Fsp3) is 0.810. The zero-order chi connectivity index (χ0) is 18.2. The van der Waals surface area contributed by atoms with Crippen LogP contribution in [0.25, 0.3) is 0 Å². The van der Waals surface area contributed by atoms with Crippen LogP contribution in [-0.4, -0.2) is 8.32 Å². The van der Waals surface area contributed by atoms with Crippen molar-refractivity contribution in [3.8, 4) is 0 Å². The largest absolute Gasteiger partial charge is 0.546 e. The van der Waals surface area contributed by atoms with Gasteiger partial charge in [-0.25, -0.2) is 0 Å². The smallest absolute Gasteiger partial charge is 0.258 e. The average molecular weight is 339 g/mol. The maximum atomic E-state index is 6.92. The number of hydrogen-bond acceptors (Lipinski definition) is 1. The quantitative estimate of drug-likeness (QED) is 0.212. The Balaban J connectivity index is 5.53. The number of rotatable bonds is 11. The van der Waals surface area contributed by atoms with Crippen LogP contribution < -0.4 is 0 Å². The average Bonchev–Trinajstić information content (AvgIpc) is 2.40. The first kappa shape index (κ1) is 22.5. The molecule has 0 amide bonds. The van der Waals surface area contributed by atoms with E-state index < -0.39 is 8.32 Å². The van der Waals surface area contributed by atoms with Gasteiger partial charge >= 0.3 is 0 Å². The molecule has 0 aliphatic heterocycles. The Morgan fingerprint density at radius 2 is 1.48 bits per heavy atom. The number of hydrogen-bond donors (Lipinski definition) is 0. The van der Waals surface area contributed by atoms with Crippen LogP contribution in [0.1, 0.15) is 88.0 Å². The van der Waals surface area contributed by atoms with Crippen molar-refractivity contribution in [2.45, 2.75) is 105 Å². The highest BCUT2D eigenvalue weighted by molar-refractivity contribution is 6.77. The lowest BCUT2D eigenvalue weighted by molar-refractivity contribution is 0.355. The Bertz CT molecular complexity index is 358. The SMILES string of the molecule is C=C(C)C/C(=C/C(C)CCCC)O[Si](C(C)C)(C(C)C)C(C)C. The van der Waals surface area contributed by atoms with Gasteiger partial charge in [-0.2, -0.15) is 0 Å². The minimum atomic E-state index is -1.86. The topological polar surface area (TPSA) is 9.23 Å². The second-order valence-corrected chi connectivity index (χ2v) is 13.7. The maximum absolute atomic E-state index is 6.92. The van der Waals surface area contributed by atoms with Crippen molar-refractivity contribution in [1.29, 1.82) is 0 Å². The molecule has 0 rings (SSSR count). The second-order valence-electron chi connectivity index (χ2n) is 8.31. The van der Waals surface area contributed by atoms with Crippen molar-refractivity contribution in [3.63, 3.8) is 0 Å². The lowest BCUT2D eigenvalue weighted by atomic mass is 10.0. The minimum Gasteiger partial charge on any atom is -0.546 e. The third-order valence-electron chi connectivity index (χ3n) is 4.97. The van der Waals surface area contributed by atoms with E-state index in [1.165, 1.54) is 30.6 Å². The molecule has 23 heavy (non-hydrogen) atoms. The molecule has 0 saturated heterocycles. The van der Waals surface area contributed by atoms with Gasteiger partial charge in [-0.3, -0.25) is 0 Å². The van der Waals surface area contributed by atoms with Crippen molar-refractivity contribution < 1.29 is 4.43 Å². The fourth-order valence-electron chi connectivity index (χ4n) is 3.93. The zero-order valence-electron chi connectivity index (χ0n) is 17.3. The van der Waals surface area contributed by atoms with Crippen molar-refractivity contribution >= 4 is 8.32 Å². The van der Waals surface area contributed by atoms with Crippen molar-refractivity contribution in [2.75, 3.05) is 0 Å². The molecule has 0 N–H and O–H groups in total. The summed E-state index contributed by atoms with van der Waals surface area (Å²) in [5.74, 6) is 1.77. The van der Waals surface area contributed by atoms with E-state index in [0.29, 0.717) is 22.5 Å². The van der Waals surface area contributed by atoms with Gasteiger partial charge in [0.05, 0.1) is 5.76 Å². The molecule has 0 aliphatic rings. The van der Waals surface area contributed by atoms with Crippen LogP contribution in [-0.2, 0) is 4.43 Å². The Kier molecular flexibility index (Phi) is 10.2. The molecule has 0 saturated carbocycles. The first-order valence-electron chi connectivity index (χ1n) is 9.61. The molecule has 0 aromatic rings. The highest BCUT2D eigenvalue weighted by atomic mass is 28.4. The van der Waals surface area contributed by atoms with Gasteiger partial charge in [0.15, 0.2) is 0 Å². The van der Waals surface area contributed by atoms with Crippen molar-refractivity contribution in [2.24, 2.45) is 5.92 Å². The van der Waals surface area contributed by atoms with E-state index in [9.17, 15) is 0 Å². The monoisotopic (exact) mass is 338 g/mol. The van der Waals surface area contributed by atoms with E-state index in [4.69, 9.17) is 4.43 Å². The summed E-state index contributed by atoms with van der Waals surface area (Å²) < 4.78 is 6.92. The molecular formula is C21H42OSi. The van der Waals surface area contributed by atoms with Gasteiger partial charge in [0.2, 0.25) is 0 Å². The zero-order valence-corrected chi connectivity index (χ0v) is 18.3. The van der Waals surface area contributed by atoms with Crippen molar-refractivity contribution in [1.82, 2.24) is 0 Å². The van der Waals surface area contributed by atoms with Crippen LogP contribution in [0.2, 0.25) is 16.6 Å². The molecular weight excluding hydrogens is 296 g/mol.